The standard InChI is InChI=1S/C27H30N2O5/c1-3-4-14-23(24(30)29-16-9-15-27(29,2)25(31)32)28-26(33)34-17-22-20-12-7-5-10-18(20)19-11-6-8-13-21(19)22/h3,5-8,10-13,22-23H,1,4,9,14-17H2,2H3,(H,28,33)(H,31,32)/t23?,27-/m0/s1. The maximum atomic E-state index is 13.3. The van der Waals surface area contributed by atoms with Crippen LogP contribution in [0.4, 0.5) is 4.79 Å². The number of carbonyl (C=O) groups is 3. The van der Waals surface area contributed by atoms with Crippen molar-refractivity contribution in [3.05, 3.63) is 72.3 Å². The van der Waals surface area contributed by atoms with E-state index in [0.717, 1.165) is 22.3 Å². The van der Waals surface area contributed by atoms with Gasteiger partial charge in [-0.3, -0.25) is 4.79 Å². The summed E-state index contributed by atoms with van der Waals surface area (Å²) < 4.78 is 5.60. The number of ether oxygens (including phenoxy) is 1. The molecule has 2 atom stereocenters. The number of hydrogen-bond acceptors (Lipinski definition) is 4. The van der Waals surface area contributed by atoms with Crippen LogP contribution in [0.25, 0.3) is 11.1 Å². The van der Waals surface area contributed by atoms with Crippen molar-refractivity contribution in [1.82, 2.24) is 10.2 Å². The van der Waals surface area contributed by atoms with Crippen LogP contribution >= 0.6 is 0 Å². The van der Waals surface area contributed by atoms with E-state index in [1.165, 1.54) is 4.90 Å². The van der Waals surface area contributed by atoms with Gasteiger partial charge in [0.05, 0.1) is 0 Å². The molecule has 7 nitrogen and oxygen atoms in total. The zero-order chi connectivity index (χ0) is 24.3. The highest BCUT2D eigenvalue weighted by molar-refractivity contribution is 5.91. The summed E-state index contributed by atoms with van der Waals surface area (Å²) in [5.74, 6) is -1.53. The monoisotopic (exact) mass is 462 g/mol. The number of allylic oxidation sites excluding steroid dienone is 1. The van der Waals surface area contributed by atoms with Gasteiger partial charge >= 0.3 is 12.1 Å². The molecule has 178 valence electrons. The van der Waals surface area contributed by atoms with Gasteiger partial charge in [0.15, 0.2) is 0 Å². The van der Waals surface area contributed by atoms with E-state index >= 15 is 0 Å². The summed E-state index contributed by atoms with van der Waals surface area (Å²) in [4.78, 5) is 39.2. The van der Waals surface area contributed by atoms with Crippen molar-refractivity contribution in [3.63, 3.8) is 0 Å². The molecule has 2 aromatic carbocycles. The Hall–Kier alpha value is -3.61. The Bertz CT molecular complexity index is 1070. The van der Waals surface area contributed by atoms with Crippen LogP contribution in [-0.2, 0) is 14.3 Å². The van der Waals surface area contributed by atoms with Gasteiger partial charge in [0.2, 0.25) is 5.91 Å². The highest BCUT2D eigenvalue weighted by atomic mass is 16.5. The zero-order valence-electron chi connectivity index (χ0n) is 19.3. The molecule has 0 aromatic heterocycles. The van der Waals surface area contributed by atoms with Gasteiger partial charge in [-0.15, -0.1) is 6.58 Å². The number of hydrogen-bond donors (Lipinski definition) is 2. The summed E-state index contributed by atoms with van der Waals surface area (Å²) in [5, 5.41) is 12.4. The van der Waals surface area contributed by atoms with E-state index in [4.69, 9.17) is 4.74 Å². The highest BCUT2D eigenvalue weighted by Crippen LogP contribution is 2.44. The number of likely N-dealkylation sites (tertiary alicyclic amines) is 1. The number of rotatable bonds is 8. The van der Waals surface area contributed by atoms with Crippen LogP contribution in [0.3, 0.4) is 0 Å². The molecular weight excluding hydrogens is 432 g/mol. The first-order valence-corrected chi connectivity index (χ1v) is 11.6. The minimum absolute atomic E-state index is 0.0886. The van der Waals surface area contributed by atoms with Gasteiger partial charge in [-0.2, -0.15) is 0 Å². The average molecular weight is 463 g/mol. The second-order valence-corrected chi connectivity index (χ2v) is 9.06. The van der Waals surface area contributed by atoms with Crippen molar-refractivity contribution < 1.29 is 24.2 Å². The molecule has 1 heterocycles. The molecule has 34 heavy (non-hydrogen) atoms. The lowest BCUT2D eigenvalue weighted by Gasteiger charge is -2.34. The maximum Gasteiger partial charge on any atom is 0.407 e. The Morgan fingerprint density at radius 3 is 2.38 bits per heavy atom. The largest absolute Gasteiger partial charge is 0.480 e. The van der Waals surface area contributed by atoms with Crippen molar-refractivity contribution in [3.8, 4) is 11.1 Å². The average Bonchev–Trinajstić information content (AvgIpc) is 3.39. The second kappa shape index (κ2) is 9.71. The van der Waals surface area contributed by atoms with Gasteiger partial charge in [-0.25, -0.2) is 9.59 Å². The van der Waals surface area contributed by atoms with Crippen molar-refractivity contribution >= 4 is 18.0 Å². The van der Waals surface area contributed by atoms with Crippen LogP contribution < -0.4 is 5.32 Å². The molecule has 2 amide bonds. The second-order valence-electron chi connectivity index (χ2n) is 9.06. The molecule has 4 rings (SSSR count). The van der Waals surface area contributed by atoms with Gasteiger partial charge < -0.3 is 20.1 Å². The number of aliphatic carboxylic acids is 1. The van der Waals surface area contributed by atoms with Crippen LogP contribution in [-0.4, -0.2) is 52.7 Å². The first kappa shape index (κ1) is 23.5. The molecule has 1 aliphatic heterocycles. The van der Waals surface area contributed by atoms with E-state index in [2.05, 4.69) is 24.0 Å². The van der Waals surface area contributed by atoms with Crippen molar-refractivity contribution in [2.75, 3.05) is 13.2 Å². The summed E-state index contributed by atoms with van der Waals surface area (Å²) >= 11 is 0. The molecule has 0 spiro atoms. The Labute approximate surface area is 199 Å². The van der Waals surface area contributed by atoms with Crippen LogP contribution in [0.2, 0.25) is 0 Å². The summed E-state index contributed by atoms with van der Waals surface area (Å²) in [6, 6.07) is 15.2. The first-order chi connectivity index (χ1) is 16.4. The molecule has 2 N–H and O–H groups in total. The molecule has 2 aliphatic rings. The third-order valence-electron chi connectivity index (χ3n) is 6.96. The molecule has 0 saturated carbocycles. The summed E-state index contributed by atoms with van der Waals surface area (Å²) in [5.41, 5.74) is 3.20. The number of amides is 2. The number of nitrogens with one attached hydrogen (secondary N) is 1. The van der Waals surface area contributed by atoms with Crippen molar-refractivity contribution in [2.24, 2.45) is 0 Å². The molecule has 1 fully saturated rings. The number of nitrogens with zero attached hydrogens (tertiary/aromatic N) is 1. The fourth-order valence-corrected chi connectivity index (χ4v) is 5.05. The zero-order valence-corrected chi connectivity index (χ0v) is 19.3. The Morgan fingerprint density at radius 1 is 1.18 bits per heavy atom. The molecule has 1 unspecified atom stereocenters. The minimum atomic E-state index is -1.27. The SMILES string of the molecule is C=CCCC(NC(=O)OCC1c2ccccc2-c2ccccc21)C(=O)N1CCC[C@@]1(C)C(=O)O. The molecule has 0 bridgehead atoms. The molecule has 2 aromatic rings. The van der Waals surface area contributed by atoms with Gasteiger partial charge in [0, 0.05) is 12.5 Å². The third kappa shape index (κ3) is 4.30. The number of fused-ring (bicyclic) bond motifs is 3. The van der Waals surface area contributed by atoms with Gasteiger partial charge in [0.1, 0.15) is 18.2 Å². The molecule has 1 aliphatic carbocycles. The topological polar surface area (TPSA) is 95.9 Å². The molecule has 1 saturated heterocycles. The summed E-state index contributed by atoms with van der Waals surface area (Å²) in [6.07, 6.45) is 2.78. The molecule has 0 radical (unpaired) electrons. The van der Waals surface area contributed by atoms with E-state index in [9.17, 15) is 19.5 Å². The number of carboxylic acids is 1. The Morgan fingerprint density at radius 2 is 1.79 bits per heavy atom. The van der Waals surface area contributed by atoms with Crippen LogP contribution in [0.1, 0.15) is 49.7 Å². The highest BCUT2D eigenvalue weighted by Gasteiger charge is 2.47. The Kier molecular flexibility index (Phi) is 6.72. The van der Waals surface area contributed by atoms with Crippen LogP contribution in [0, 0.1) is 0 Å². The number of benzene rings is 2. The van der Waals surface area contributed by atoms with Crippen LogP contribution in [0.15, 0.2) is 61.2 Å². The third-order valence-corrected chi connectivity index (χ3v) is 6.96. The van der Waals surface area contributed by atoms with Gasteiger partial charge in [-0.05, 0) is 54.9 Å². The Balaban J connectivity index is 1.46. The number of alkyl carbamates (subject to hydrolysis) is 1. The van der Waals surface area contributed by atoms with Gasteiger partial charge in [0.25, 0.3) is 0 Å². The predicted molar refractivity (Wildman–Crippen MR) is 128 cm³/mol. The fourth-order valence-electron chi connectivity index (χ4n) is 5.05. The predicted octanol–water partition coefficient (Wildman–Crippen LogP) is 4.33. The molecular formula is C27H30N2O5. The molecule has 7 heteroatoms. The lowest BCUT2D eigenvalue weighted by Crippen LogP contribution is -2.57. The minimum Gasteiger partial charge on any atom is -0.480 e. The smallest absolute Gasteiger partial charge is 0.407 e. The fraction of sp³-hybridized carbons (Fsp3) is 0.370. The maximum absolute atomic E-state index is 13.3. The quantitative estimate of drug-likeness (QED) is 0.570. The van der Waals surface area contributed by atoms with E-state index in [1.807, 2.05) is 36.4 Å². The summed E-state index contributed by atoms with van der Waals surface area (Å²) in [7, 11) is 0. The normalized spacial score (nSPS) is 19.7. The number of carbonyl (C=O) groups excluding carboxylic acids is 2. The van der Waals surface area contributed by atoms with Crippen LogP contribution in [0.5, 0.6) is 0 Å². The lowest BCUT2D eigenvalue weighted by atomic mass is 9.98. The number of carboxylic acid groups (broad SMARTS) is 1. The van der Waals surface area contributed by atoms with E-state index in [0.29, 0.717) is 32.2 Å². The van der Waals surface area contributed by atoms with Gasteiger partial charge in [-0.1, -0.05) is 54.6 Å². The van der Waals surface area contributed by atoms with E-state index in [1.54, 1.807) is 13.0 Å². The van der Waals surface area contributed by atoms with Crippen molar-refractivity contribution in [2.45, 2.75) is 50.1 Å². The first-order valence-electron chi connectivity index (χ1n) is 11.6. The van der Waals surface area contributed by atoms with Crippen molar-refractivity contribution in [1.29, 1.82) is 0 Å². The summed E-state index contributed by atoms with van der Waals surface area (Å²) in [6.45, 7) is 5.73. The van der Waals surface area contributed by atoms with E-state index in [-0.39, 0.29) is 12.5 Å². The van der Waals surface area contributed by atoms with E-state index < -0.39 is 29.6 Å². The lowest BCUT2D eigenvalue weighted by molar-refractivity contribution is -0.156.